The Morgan fingerprint density at radius 2 is 1.94 bits per heavy atom. The molecule has 2 amide bonds. The van der Waals surface area contributed by atoms with E-state index in [0.717, 1.165) is 16.7 Å². The fraction of sp³-hybridized carbons (Fsp3) is 0.269. The predicted molar refractivity (Wildman–Crippen MR) is 129 cm³/mol. The second-order valence-electron chi connectivity index (χ2n) is 8.65. The van der Waals surface area contributed by atoms with Crippen molar-refractivity contribution in [3.63, 3.8) is 0 Å². The summed E-state index contributed by atoms with van der Waals surface area (Å²) in [5.41, 5.74) is 7.90. The lowest BCUT2D eigenvalue weighted by Gasteiger charge is -2.32. The van der Waals surface area contributed by atoms with E-state index < -0.39 is 17.6 Å². The maximum absolute atomic E-state index is 13.9. The number of aliphatic hydroxyl groups is 1. The minimum Gasteiger partial charge on any atom is -0.372 e. The number of nitrogens with zero attached hydrogens (tertiary/aromatic N) is 2. The SMILES string of the molecule is NCc1ccc(Cl)cc1CNC(=O)C1CCCN1C(=O)[C@]1(O)c2ccccc2-c2ncccc21. The van der Waals surface area contributed by atoms with Crippen LogP contribution in [0.4, 0.5) is 0 Å². The van der Waals surface area contributed by atoms with E-state index in [1.807, 2.05) is 18.2 Å². The molecular weight excluding hydrogens is 452 g/mol. The molecular formula is C26H25ClN4O3. The van der Waals surface area contributed by atoms with Crippen LogP contribution < -0.4 is 11.1 Å². The normalized spacial score (nSPS) is 20.7. The molecule has 1 aliphatic heterocycles. The highest BCUT2D eigenvalue weighted by Gasteiger charge is 2.52. The van der Waals surface area contributed by atoms with E-state index >= 15 is 0 Å². The van der Waals surface area contributed by atoms with Crippen molar-refractivity contribution >= 4 is 23.4 Å². The molecule has 4 N–H and O–H groups in total. The van der Waals surface area contributed by atoms with Crippen LogP contribution in [0.2, 0.25) is 5.02 Å². The van der Waals surface area contributed by atoms with Crippen LogP contribution >= 0.6 is 11.6 Å². The van der Waals surface area contributed by atoms with Gasteiger partial charge in [0.05, 0.1) is 5.69 Å². The molecule has 5 rings (SSSR count). The number of carbonyl (C=O) groups excluding carboxylic acids is 2. The molecule has 1 aromatic heterocycles. The Balaban J connectivity index is 1.41. The summed E-state index contributed by atoms with van der Waals surface area (Å²) in [6, 6.07) is 15.4. The minimum absolute atomic E-state index is 0.254. The molecule has 2 aliphatic rings. The van der Waals surface area contributed by atoms with Crippen LogP contribution in [0.25, 0.3) is 11.3 Å². The number of nitrogens with one attached hydrogen (secondary N) is 1. The lowest BCUT2D eigenvalue weighted by molar-refractivity contribution is -0.151. The summed E-state index contributed by atoms with van der Waals surface area (Å²) in [6.07, 6.45) is 2.84. The Hall–Kier alpha value is -3.26. The van der Waals surface area contributed by atoms with Crippen molar-refractivity contribution in [3.8, 4) is 11.3 Å². The summed E-state index contributed by atoms with van der Waals surface area (Å²) in [5.74, 6) is -0.773. The Morgan fingerprint density at radius 1 is 1.15 bits per heavy atom. The van der Waals surface area contributed by atoms with Gasteiger partial charge in [0.1, 0.15) is 6.04 Å². The van der Waals surface area contributed by atoms with Crippen molar-refractivity contribution < 1.29 is 14.7 Å². The number of nitrogens with two attached hydrogens (primary N) is 1. The average molecular weight is 477 g/mol. The number of aromatic nitrogens is 1. The van der Waals surface area contributed by atoms with Gasteiger partial charge < -0.3 is 21.1 Å². The van der Waals surface area contributed by atoms with Gasteiger partial charge in [0, 0.05) is 47.5 Å². The lowest BCUT2D eigenvalue weighted by atomic mass is 9.90. The van der Waals surface area contributed by atoms with Gasteiger partial charge in [0.2, 0.25) is 5.91 Å². The third-order valence-corrected chi connectivity index (χ3v) is 6.97. The molecule has 0 spiro atoms. The van der Waals surface area contributed by atoms with Gasteiger partial charge in [-0.3, -0.25) is 14.6 Å². The van der Waals surface area contributed by atoms with Gasteiger partial charge in [-0.2, -0.15) is 0 Å². The minimum atomic E-state index is -1.89. The molecule has 1 saturated heterocycles. The highest BCUT2D eigenvalue weighted by Crippen LogP contribution is 2.47. The number of likely N-dealkylation sites (tertiary alicyclic amines) is 1. The molecule has 0 radical (unpaired) electrons. The van der Waals surface area contributed by atoms with Crippen LogP contribution in [0.15, 0.2) is 60.8 Å². The topological polar surface area (TPSA) is 109 Å². The van der Waals surface area contributed by atoms with Gasteiger partial charge >= 0.3 is 0 Å². The van der Waals surface area contributed by atoms with Crippen molar-refractivity contribution in [2.75, 3.05) is 6.54 Å². The number of benzene rings is 2. The summed E-state index contributed by atoms with van der Waals surface area (Å²) in [7, 11) is 0. The van der Waals surface area contributed by atoms with Crippen molar-refractivity contribution in [2.24, 2.45) is 5.73 Å². The highest BCUT2D eigenvalue weighted by atomic mass is 35.5. The second kappa shape index (κ2) is 8.83. The number of hydrogen-bond donors (Lipinski definition) is 3. The van der Waals surface area contributed by atoms with Crippen LogP contribution in [-0.2, 0) is 28.3 Å². The summed E-state index contributed by atoms with van der Waals surface area (Å²) in [5, 5.41) is 15.3. The molecule has 8 heteroatoms. The Kier molecular flexibility index (Phi) is 5.85. The molecule has 0 saturated carbocycles. The van der Waals surface area contributed by atoms with E-state index in [9.17, 15) is 14.7 Å². The summed E-state index contributed by atoms with van der Waals surface area (Å²) >= 11 is 6.11. The smallest absolute Gasteiger partial charge is 0.264 e. The first-order valence-corrected chi connectivity index (χ1v) is 11.7. The fourth-order valence-corrected chi connectivity index (χ4v) is 5.24. The summed E-state index contributed by atoms with van der Waals surface area (Å²) in [6.45, 7) is 0.975. The molecule has 1 unspecified atom stereocenters. The van der Waals surface area contributed by atoms with E-state index in [4.69, 9.17) is 17.3 Å². The van der Waals surface area contributed by atoms with Crippen LogP contribution in [0.1, 0.15) is 35.1 Å². The van der Waals surface area contributed by atoms with E-state index in [-0.39, 0.29) is 12.5 Å². The lowest BCUT2D eigenvalue weighted by Crippen LogP contribution is -2.52. The first-order chi connectivity index (χ1) is 16.4. The van der Waals surface area contributed by atoms with Crippen LogP contribution in [0.5, 0.6) is 0 Å². The van der Waals surface area contributed by atoms with E-state index in [1.54, 1.807) is 42.6 Å². The third kappa shape index (κ3) is 3.57. The standard InChI is InChI=1S/C26H25ClN4O3/c27-18-10-9-16(14-28)17(13-18)15-30-24(32)22-8-4-12-31(22)25(33)26(34)20-6-2-1-5-19(20)23-21(26)7-3-11-29-23/h1-3,5-7,9-11,13,22,34H,4,8,12,14-15,28H2,(H,30,32)/t22?,26-/m0/s1. The maximum atomic E-state index is 13.9. The molecule has 1 aliphatic carbocycles. The van der Waals surface area contributed by atoms with Gasteiger partial charge in [0.15, 0.2) is 5.60 Å². The molecule has 0 bridgehead atoms. The number of rotatable bonds is 5. The number of halogens is 1. The van der Waals surface area contributed by atoms with Gasteiger partial charge in [-0.05, 0) is 42.2 Å². The number of hydrogen-bond acceptors (Lipinski definition) is 5. The van der Waals surface area contributed by atoms with Gasteiger partial charge in [-0.25, -0.2) is 0 Å². The molecule has 1 fully saturated rings. The number of amides is 2. The van der Waals surface area contributed by atoms with Crippen LogP contribution in [-0.4, -0.2) is 39.4 Å². The highest BCUT2D eigenvalue weighted by molar-refractivity contribution is 6.30. The second-order valence-corrected chi connectivity index (χ2v) is 9.08. The van der Waals surface area contributed by atoms with Crippen molar-refractivity contribution in [1.82, 2.24) is 15.2 Å². The number of fused-ring (bicyclic) bond motifs is 3. The maximum Gasteiger partial charge on any atom is 0.264 e. The number of carbonyl (C=O) groups is 2. The number of pyridine rings is 1. The van der Waals surface area contributed by atoms with Gasteiger partial charge in [-0.1, -0.05) is 48.0 Å². The van der Waals surface area contributed by atoms with Crippen molar-refractivity contribution in [2.45, 2.75) is 37.6 Å². The van der Waals surface area contributed by atoms with Crippen molar-refractivity contribution in [3.05, 3.63) is 88.1 Å². The van der Waals surface area contributed by atoms with Crippen LogP contribution in [0, 0.1) is 0 Å². The summed E-state index contributed by atoms with van der Waals surface area (Å²) in [4.78, 5) is 32.9. The zero-order chi connectivity index (χ0) is 23.9. The Bertz CT molecular complexity index is 1230. The van der Waals surface area contributed by atoms with Gasteiger partial charge in [-0.15, -0.1) is 0 Å². The monoisotopic (exact) mass is 476 g/mol. The fourth-order valence-electron chi connectivity index (χ4n) is 5.04. The molecule has 2 aromatic carbocycles. The van der Waals surface area contributed by atoms with Crippen LogP contribution in [0.3, 0.4) is 0 Å². The first kappa shape index (κ1) is 22.5. The quantitative estimate of drug-likeness (QED) is 0.524. The Morgan fingerprint density at radius 3 is 2.76 bits per heavy atom. The van der Waals surface area contributed by atoms with E-state index in [0.29, 0.717) is 47.8 Å². The molecule has 7 nitrogen and oxygen atoms in total. The molecule has 2 heterocycles. The Labute approximate surface area is 202 Å². The zero-order valence-corrected chi connectivity index (χ0v) is 19.3. The zero-order valence-electron chi connectivity index (χ0n) is 18.5. The average Bonchev–Trinajstić information content (AvgIpc) is 3.45. The van der Waals surface area contributed by atoms with E-state index in [2.05, 4.69) is 10.3 Å². The van der Waals surface area contributed by atoms with E-state index in [1.165, 1.54) is 4.90 Å². The third-order valence-electron chi connectivity index (χ3n) is 6.74. The largest absolute Gasteiger partial charge is 0.372 e. The molecule has 174 valence electrons. The summed E-state index contributed by atoms with van der Waals surface area (Å²) < 4.78 is 0. The van der Waals surface area contributed by atoms with Gasteiger partial charge in [0.25, 0.3) is 5.91 Å². The molecule has 2 atom stereocenters. The molecule has 3 aromatic rings. The predicted octanol–water partition coefficient (Wildman–Crippen LogP) is 2.72. The molecule has 34 heavy (non-hydrogen) atoms. The first-order valence-electron chi connectivity index (χ1n) is 11.3. The van der Waals surface area contributed by atoms with Crippen molar-refractivity contribution in [1.29, 1.82) is 0 Å².